The Kier molecular flexibility index (Phi) is 10.1. The number of benzene rings is 3. The third-order valence-electron chi connectivity index (χ3n) is 8.05. The average Bonchev–Trinajstić information content (AvgIpc) is 3.61. The van der Waals surface area contributed by atoms with Crippen molar-refractivity contribution in [3.8, 4) is 11.5 Å². The molecule has 4 aromatic rings. The van der Waals surface area contributed by atoms with E-state index in [1.54, 1.807) is 56.3 Å². The predicted octanol–water partition coefficient (Wildman–Crippen LogP) is 4.61. The van der Waals surface area contributed by atoms with E-state index in [2.05, 4.69) is 10.3 Å². The number of carbonyl (C=O) groups is 5. The molecule has 13 nitrogen and oxygen atoms in total. The molecule has 0 unspecified atom stereocenters. The van der Waals surface area contributed by atoms with Gasteiger partial charge in [0.2, 0.25) is 11.8 Å². The molecule has 50 heavy (non-hydrogen) atoms. The Balaban J connectivity index is 1.22. The largest absolute Gasteiger partial charge is 0.493 e. The van der Waals surface area contributed by atoms with Gasteiger partial charge in [0.25, 0.3) is 5.91 Å². The number of hydrogen-bond donors (Lipinski definition) is 2. The van der Waals surface area contributed by atoms with Crippen molar-refractivity contribution in [1.29, 1.82) is 0 Å². The molecule has 15 heteroatoms. The van der Waals surface area contributed by atoms with E-state index in [-0.39, 0.29) is 41.8 Å². The average molecular weight is 718 g/mol. The minimum atomic E-state index is -0.853. The van der Waals surface area contributed by atoms with Crippen molar-refractivity contribution < 1.29 is 42.9 Å². The Hall–Kier alpha value is -5.41. The van der Waals surface area contributed by atoms with E-state index < -0.39 is 46.7 Å². The molecular formula is C35H31N3O10S2. The number of thiazole rings is 1. The molecule has 1 aromatic heterocycles. The number of anilines is 2. The maximum atomic E-state index is 14.1. The van der Waals surface area contributed by atoms with E-state index in [1.807, 2.05) is 0 Å². The summed E-state index contributed by atoms with van der Waals surface area (Å²) >= 11 is 2.12. The van der Waals surface area contributed by atoms with Gasteiger partial charge in [-0.1, -0.05) is 29.2 Å². The fourth-order valence-corrected chi connectivity index (χ4v) is 8.35. The molecule has 0 bridgehead atoms. The van der Waals surface area contributed by atoms with Crippen molar-refractivity contribution in [1.82, 2.24) is 4.98 Å². The first-order chi connectivity index (χ1) is 24.1. The van der Waals surface area contributed by atoms with Crippen molar-refractivity contribution in [2.24, 2.45) is 5.92 Å². The van der Waals surface area contributed by atoms with Crippen LogP contribution >= 0.6 is 23.1 Å². The summed E-state index contributed by atoms with van der Waals surface area (Å²) in [6.45, 7) is 3.51. The van der Waals surface area contributed by atoms with E-state index in [4.69, 9.17) is 18.9 Å². The molecule has 3 atom stereocenters. The van der Waals surface area contributed by atoms with Crippen LogP contribution in [0.2, 0.25) is 0 Å². The molecule has 0 radical (unpaired) electrons. The minimum absolute atomic E-state index is 0.209. The molecule has 1 fully saturated rings. The summed E-state index contributed by atoms with van der Waals surface area (Å²) in [6.07, 6.45) is 0. The molecule has 6 rings (SSSR count). The molecule has 0 saturated carbocycles. The van der Waals surface area contributed by atoms with Crippen molar-refractivity contribution >= 4 is 64.1 Å². The molecular weight excluding hydrogens is 687 g/mol. The van der Waals surface area contributed by atoms with Crippen LogP contribution in [0.15, 0.2) is 76.6 Å². The van der Waals surface area contributed by atoms with Gasteiger partial charge in [-0.2, -0.15) is 0 Å². The zero-order chi connectivity index (χ0) is 35.5. The van der Waals surface area contributed by atoms with E-state index >= 15 is 0 Å². The number of fused-ring (bicyclic) bond motifs is 2. The number of methoxy groups -OCH3 is 1. The smallest absolute Gasteiger partial charge is 0.338 e. The zero-order valence-electron chi connectivity index (χ0n) is 27.1. The summed E-state index contributed by atoms with van der Waals surface area (Å²) in [5, 5.41) is 2.39. The lowest BCUT2D eigenvalue weighted by Crippen LogP contribution is -2.32. The monoisotopic (exact) mass is 717 g/mol. The van der Waals surface area contributed by atoms with Gasteiger partial charge in [-0.25, -0.2) is 14.5 Å². The van der Waals surface area contributed by atoms with Gasteiger partial charge in [-0.15, -0.1) is 0 Å². The summed E-state index contributed by atoms with van der Waals surface area (Å²) in [4.78, 5) is 81.3. The number of aromatic nitrogens is 1. The van der Waals surface area contributed by atoms with E-state index in [1.165, 1.54) is 31.4 Å². The number of thioether (sulfide) groups is 1. The first-order valence-electron chi connectivity index (χ1n) is 15.6. The second-order valence-electron chi connectivity index (χ2n) is 11.1. The number of hydrogen-bond acceptors (Lipinski definition) is 12. The van der Waals surface area contributed by atoms with Gasteiger partial charge in [0.05, 0.1) is 48.1 Å². The molecule has 1 saturated heterocycles. The number of esters is 2. The van der Waals surface area contributed by atoms with Crippen molar-refractivity contribution in [3.05, 3.63) is 98.0 Å². The third-order valence-corrected chi connectivity index (χ3v) is 10.4. The second-order valence-corrected chi connectivity index (χ2v) is 13.2. The highest BCUT2D eigenvalue weighted by Crippen LogP contribution is 2.53. The highest BCUT2D eigenvalue weighted by Gasteiger charge is 2.56. The Morgan fingerprint density at radius 3 is 2.10 bits per heavy atom. The van der Waals surface area contributed by atoms with Crippen LogP contribution in [0.5, 0.6) is 11.5 Å². The van der Waals surface area contributed by atoms with Crippen LogP contribution in [0.3, 0.4) is 0 Å². The fourth-order valence-electron chi connectivity index (χ4n) is 5.83. The normalized spacial score (nSPS) is 17.8. The zero-order valence-corrected chi connectivity index (χ0v) is 28.7. The number of aromatic amines is 1. The predicted molar refractivity (Wildman–Crippen MR) is 184 cm³/mol. The summed E-state index contributed by atoms with van der Waals surface area (Å²) in [6, 6.07) is 17.3. The molecule has 2 aliphatic heterocycles. The molecule has 0 spiro atoms. The number of H-pyrrole nitrogens is 1. The van der Waals surface area contributed by atoms with Crippen LogP contribution in [0.4, 0.5) is 11.4 Å². The molecule has 3 heterocycles. The lowest BCUT2D eigenvalue weighted by Gasteiger charge is -2.30. The summed E-state index contributed by atoms with van der Waals surface area (Å²) in [5.74, 6) is -3.32. The number of ether oxygens (including phenoxy) is 4. The molecule has 2 N–H and O–H groups in total. The molecule has 3 aromatic carbocycles. The minimum Gasteiger partial charge on any atom is -0.493 e. The number of carbonyl (C=O) groups excluding carboxylic acids is 5. The van der Waals surface area contributed by atoms with Gasteiger partial charge in [0.15, 0.2) is 18.1 Å². The number of nitrogens with zero attached hydrogens (tertiary/aromatic N) is 1. The summed E-state index contributed by atoms with van der Waals surface area (Å²) < 4.78 is 21.4. The standard InChI is InChI=1S/C35H31N3O10S2/c1-4-46-33(42)18-6-11-21(12-7-18)36-25(39)17-48-23-15-10-20(16-24(23)45-3)26-27-29(49-30-28(26)50-35(44)37-30)32(41)38(31(27)40)22-13-8-19(9-14-22)34(43)47-5-2/h6-16,26-27,29H,4-5,17H2,1-3H3,(H,36,39)(H,37,44)/t26-,27-,29+/m0/s1. The SMILES string of the molecule is CCOC(=O)c1ccc(NC(=O)COc2ccc([C@@H]3c4sc(=O)[nH]c4S[C@H]4C(=O)N(c5ccc(C(=O)OCC)cc5)C(=O)[C@@H]34)cc2OC)cc1. The maximum Gasteiger partial charge on any atom is 0.338 e. The van der Waals surface area contributed by atoms with Gasteiger partial charge in [-0.3, -0.25) is 19.2 Å². The van der Waals surface area contributed by atoms with Gasteiger partial charge in [-0.05, 0) is 80.1 Å². The summed E-state index contributed by atoms with van der Waals surface area (Å²) in [5.41, 5.74) is 2.02. The quantitative estimate of drug-likeness (QED) is 0.164. The fraction of sp³-hybridized carbons (Fsp3) is 0.257. The summed E-state index contributed by atoms with van der Waals surface area (Å²) in [7, 11) is 1.43. The molecule has 258 valence electrons. The number of amides is 3. The topological polar surface area (TPSA) is 170 Å². The maximum absolute atomic E-state index is 14.1. The Bertz CT molecular complexity index is 2020. The van der Waals surface area contributed by atoms with Crippen LogP contribution in [0, 0.1) is 5.92 Å². The first-order valence-corrected chi connectivity index (χ1v) is 17.3. The van der Waals surface area contributed by atoms with E-state index in [0.717, 1.165) is 28.0 Å². The number of rotatable bonds is 11. The number of imide groups is 1. The Morgan fingerprint density at radius 1 is 0.840 bits per heavy atom. The molecule has 3 amide bonds. The lowest BCUT2D eigenvalue weighted by atomic mass is 9.83. The van der Waals surface area contributed by atoms with Crippen LogP contribution < -0.4 is 24.6 Å². The van der Waals surface area contributed by atoms with Crippen molar-refractivity contribution in [3.63, 3.8) is 0 Å². The van der Waals surface area contributed by atoms with Crippen LogP contribution in [0.1, 0.15) is 50.9 Å². The van der Waals surface area contributed by atoms with Gasteiger partial charge in [0, 0.05) is 16.5 Å². The van der Waals surface area contributed by atoms with Crippen molar-refractivity contribution in [2.75, 3.05) is 37.1 Å². The van der Waals surface area contributed by atoms with Gasteiger partial charge < -0.3 is 29.2 Å². The Morgan fingerprint density at radius 2 is 1.48 bits per heavy atom. The van der Waals surface area contributed by atoms with Crippen LogP contribution in [-0.2, 0) is 23.9 Å². The Labute approximate surface area is 293 Å². The van der Waals surface area contributed by atoms with E-state index in [0.29, 0.717) is 32.4 Å². The van der Waals surface area contributed by atoms with Crippen LogP contribution in [-0.4, -0.2) is 66.8 Å². The second kappa shape index (κ2) is 14.6. The van der Waals surface area contributed by atoms with Gasteiger partial charge in [0.1, 0.15) is 5.25 Å². The highest BCUT2D eigenvalue weighted by atomic mass is 32.2. The lowest BCUT2D eigenvalue weighted by molar-refractivity contribution is -0.122. The highest BCUT2D eigenvalue weighted by molar-refractivity contribution is 8.00. The number of nitrogens with one attached hydrogen (secondary N) is 2. The van der Waals surface area contributed by atoms with Crippen LogP contribution in [0.25, 0.3) is 0 Å². The first kappa shape index (κ1) is 34.5. The van der Waals surface area contributed by atoms with Crippen molar-refractivity contribution in [2.45, 2.75) is 30.0 Å². The van der Waals surface area contributed by atoms with Gasteiger partial charge >= 0.3 is 16.8 Å². The van der Waals surface area contributed by atoms with E-state index in [9.17, 15) is 28.8 Å². The molecule has 0 aliphatic carbocycles. The third kappa shape index (κ3) is 6.73. The molecule has 2 aliphatic rings.